The summed E-state index contributed by atoms with van der Waals surface area (Å²) in [6, 6.07) is 12.5. The first-order chi connectivity index (χ1) is 13.2. The van der Waals surface area contributed by atoms with E-state index in [4.69, 9.17) is 9.68 Å². The molecule has 134 valence electrons. The number of carbonyl (C=O) groups is 1. The minimum atomic E-state index is -0.0798. The van der Waals surface area contributed by atoms with E-state index in [2.05, 4.69) is 21.3 Å². The van der Waals surface area contributed by atoms with Gasteiger partial charge in [0.05, 0.1) is 23.1 Å². The predicted molar refractivity (Wildman–Crippen MR) is 96.6 cm³/mol. The third-order valence-corrected chi connectivity index (χ3v) is 4.65. The molecule has 0 spiro atoms. The molecule has 0 radical (unpaired) electrons. The lowest BCUT2D eigenvalue weighted by Crippen LogP contribution is -2.39. The molecular formula is C20H17N5O2. The van der Waals surface area contributed by atoms with E-state index in [1.807, 2.05) is 12.1 Å². The number of carbonyl (C=O) groups excluding carboxylic acids is 1. The van der Waals surface area contributed by atoms with E-state index in [-0.39, 0.29) is 11.8 Å². The Hall–Kier alpha value is -3.53. The Kier molecular flexibility index (Phi) is 4.62. The molecule has 3 heterocycles. The molecule has 1 unspecified atom stereocenters. The second-order valence-corrected chi connectivity index (χ2v) is 6.47. The van der Waals surface area contributed by atoms with Crippen molar-refractivity contribution in [1.29, 1.82) is 5.26 Å². The monoisotopic (exact) mass is 359 g/mol. The summed E-state index contributed by atoms with van der Waals surface area (Å²) < 4.78 is 5.84. The van der Waals surface area contributed by atoms with Crippen molar-refractivity contribution >= 4 is 5.91 Å². The molecule has 1 saturated heterocycles. The number of hydrogen-bond acceptors (Lipinski definition) is 6. The van der Waals surface area contributed by atoms with E-state index >= 15 is 0 Å². The summed E-state index contributed by atoms with van der Waals surface area (Å²) in [5, 5.41) is 17.3. The van der Waals surface area contributed by atoms with E-state index in [0.717, 1.165) is 18.4 Å². The number of pyridine rings is 1. The molecule has 0 aliphatic carbocycles. The number of rotatable bonds is 3. The number of nitrogens with zero attached hydrogens (tertiary/aromatic N) is 5. The molecule has 7 nitrogen and oxygen atoms in total. The van der Waals surface area contributed by atoms with Crippen LogP contribution in [0, 0.1) is 11.3 Å². The van der Waals surface area contributed by atoms with Crippen LogP contribution in [0.3, 0.4) is 0 Å². The van der Waals surface area contributed by atoms with Crippen molar-refractivity contribution in [3.8, 4) is 17.5 Å². The lowest BCUT2D eigenvalue weighted by Gasteiger charge is -2.31. The highest BCUT2D eigenvalue weighted by atomic mass is 16.4. The van der Waals surface area contributed by atoms with Crippen LogP contribution in [0.4, 0.5) is 0 Å². The maximum atomic E-state index is 12.8. The average Bonchev–Trinajstić information content (AvgIpc) is 3.24. The zero-order valence-corrected chi connectivity index (χ0v) is 14.6. The second kappa shape index (κ2) is 7.38. The molecule has 2 aromatic heterocycles. The molecule has 0 N–H and O–H groups in total. The van der Waals surface area contributed by atoms with E-state index in [9.17, 15) is 4.79 Å². The van der Waals surface area contributed by atoms with Gasteiger partial charge in [-0.05, 0) is 43.2 Å². The number of likely N-dealkylation sites (tertiary alicyclic amines) is 1. The lowest BCUT2D eigenvalue weighted by molar-refractivity contribution is 0.0698. The average molecular weight is 359 g/mol. The van der Waals surface area contributed by atoms with E-state index in [0.29, 0.717) is 36.0 Å². The summed E-state index contributed by atoms with van der Waals surface area (Å²) in [5.41, 5.74) is 1.78. The number of amides is 1. The number of hydrogen-bond donors (Lipinski definition) is 0. The largest absolute Gasteiger partial charge is 0.420 e. The Morgan fingerprint density at radius 3 is 3.00 bits per heavy atom. The van der Waals surface area contributed by atoms with Crippen LogP contribution in [-0.4, -0.2) is 39.1 Å². The Bertz CT molecular complexity index is 993. The molecule has 0 saturated carbocycles. The van der Waals surface area contributed by atoms with Crippen LogP contribution in [0.1, 0.15) is 40.6 Å². The number of benzene rings is 1. The molecular weight excluding hydrogens is 342 g/mol. The SMILES string of the molecule is N#Cc1cccc(C(=O)N2CCCC(c3nnc(-c4cccnc4)o3)C2)c1. The van der Waals surface area contributed by atoms with Gasteiger partial charge in [0.25, 0.3) is 5.91 Å². The molecule has 1 atom stereocenters. The molecule has 7 heteroatoms. The fourth-order valence-corrected chi connectivity index (χ4v) is 3.27. The molecule has 1 fully saturated rings. The van der Waals surface area contributed by atoms with Crippen LogP contribution in [0.25, 0.3) is 11.5 Å². The molecule has 27 heavy (non-hydrogen) atoms. The normalized spacial score (nSPS) is 16.7. The van der Waals surface area contributed by atoms with E-state index in [1.165, 1.54) is 0 Å². The minimum absolute atomic E-state index is 0.000212. The smallest absolute Gasteiger partial charge is 0.253 e. The summed E-state index contributed by atoms with van der Waals surface area (Å²) in [6.07, 6.45) is 5.11. The highest BCUT2D eigenvalue weighted by Crippen LogP contribution is 2.29. The Balaban J connectivity index is 1.51. The maximum Gasteiger partial charge on any atom is 0.253 e. The zero-order valence-electron chi connectivity index (χ0n) is 14.6. The lowest BCUT2D eigenvalue weighted by atomic mass is 9.97. The summed E-state index contributed by atoms with van der Waals surface area (Å²) >= 11 is 0. The van der Waals surface area contributed by atoms with Gasteiger partial charge in [-0.1, -0.05) is 6.07 Å². The summed E-state index contributed by atoms with van der Waals surface area (Å²) in [7, 11) is 0. The Morgan fingerprint density at radius 2 is 2.19 bits per heavy atom. The van der Waals surface area contributed by atoms with Crippen molar-refractivity contribution in [3.63, 3.8) is 0 Å². The van der Waals surface area contributed by atoms with Gasteiger partial charge in [0.15, 0.2) is 0 Å². The maximum absolute atomic E-state index is 12.8. The summed E-state index contributed by atoms with van der Waals surface area (Å²) in [5.74, 6) is 0.893. The number of aromatic nitrogens is 3. The highest BCUT2D eigenvalue weighted by molar-refractivity contribution is 5.94. The van der Waals surface area contributed by atoms with Gasteiger partial charge in [-0.2, -0.15) is 5.26 Å². The van der Waals surface area contributed by atoms with Crippen molar-refractivity contribution in [2.75, 3.05) is 13.1 Å². The van der Waals surface area contributed by atoms with E-state index in [1.54, 1.807) is 41.6 Å². The standard InChI is InChI=1S/C20H17N5O2/c21-11-14-4-1-5-15(10-14)20(26)25-9-3-7-17(13-25)19-24-23-18(27-19)16-6-2-8-22-12-16/h1-2,4-6,8,10,12,17H,3,7,9,13H2. The zero-order chi connectivity index (χ0) is 18.6. The number of piperidine rings is 1. The molecule has 1 amide bonds. The quantitative estimate of drug-likeness (QED) is 0.713. The second-order valence-electron chi connectivity index (χ2n) is 6.47. The number of nitriles is 1. The Labute approximate surface area is 156 Å². The van der Waals surface area contributed by atoms with Crippen LogP contribution in [0.15, 0.2) is 53.2 Å². The van der Waals surface area contributed by atoms with Crippen molar-refractivity contribution in [2.24, 2.45) is 0 Å². The first-order valence-electron chi connectivity index (χ1n) is 8.78. The van der Waals surface area contributed by atoms with Gasteiger partial charge < -0.3 is 9.32 Å². The van der Waals surface area contributed by atoms with Gasteiger partial charge in [-0.3, -0.25) is 9.78 Å². The van der Waals surface area contributed by atoms with Crippen LogP contribution in [0.2, 0.25) is 0 Å². The molecule has 1 aromatic carbocycles. The van der Waals surface area contributed by atoms with Crippen LogP contribution in [0.5, 0.6) is 0 Å². The first-order valence-corrected chi connectivity index (χ1v) is 8.78. The van der Waals surface area contributed by atoms with Crippen LogP contribution < -0.4 is 0 Å². The summed E-state index contributed by atoms with van der Waals surface area (Å²) in [4.78, 5) is 18.7. The first kappa shape index (κ1) is 16.9. The van der Waals surface area contributed by atoms with Gasteiger partial charge in [-0.25, -0.2) is 0 Å². The topological polar surface area (TPSA) is 95.9 Å². The molecule has 1 aliphatic heterocycles. The fourth-order valence-electron chi connectivity index (χ4n) is 3.27. The summed E-state index contributed by atoms with van der Waals surface area (Å²) in [6.45, 7) is 1.19. The molecule has 0 bridgehead atoms. The van der Waals surface area contributed by atoms with Crippen molar-refractivity contribution < 1.29 is 9.21 Å². The third-order valence-electron chi connectivity index (χ3n) is 4.65. The fraction of sp³-hybridized carbons (Fsp3) is 0.250. The predicted octanol–water partition coefficient (Wildman–Crippen LogP) is 3.02. The van der Waals surface area contributed by atoms with Gasteiger partial charge in [0, 0.05) is 31.0 Å². The minimum Gasteiger partial charge on any atom is -0.420 e. The van der Waals surface area contributed by atoms with Crippen LogP contribution in [-0.2, 0) is 0 Å². The molecule has 1 aliphatic rings. The Morgan fingerprint density at radius 1 is 1.26 bits per heavy atom. The van der Waals surface area contributed by atoms with E-state index < -0.39 is 0 Å². The van der Waals surface area contributed by atoms with Crippen molar-refractivity contribution in [2.45, 2.75) is 18.8 Å². The van der Waals surface area contributed by atoms with Crippen molar-refractivity contribution in [1.82, 2.24) is 20.1 Å². The van der Waals surface area contributed by atoms with Gasteiger partial charge >= 0.3 is 0 Å². The molecule has 4 rings (SSSR count). The van der Waals surface area contributed by atoms with Gasteiger partial charge in [0.2, 0.25) is 11.8 Å². The molecule has 3 aromatic rings. The van der Waals surface area contributed by atoms with Crippen LogP contribution >= 0.6 is 0 Å². The van der Waals surface area contributed by atoms with Gasteiger partial charge in [-0.15, -0.1) is 10.2 Å². The van der Waals surface area contributed by atoms with Crippen molar-refractivity contribution in [3.05, 3.63) is 65.8 Å². The third kappa shape index (κ3) is 3.55. The van der Waals surface area contributed by atoms with Gasteiger partial charge in [0.1, 0.15) is 0 Å². The highest BCUT2D eigenvalue weighted by Gasteiger charge is 2.29.